The van der Waals surface area contributed by atoms with Gasteiger partial charge in [0, 0.05) is 0 Å². The van der Waals surface area contributed by atoms with Crippen LogP contribution in [0.2, 0.25) is 10.0 Å². The fourth-order valence-electron chi connectivity index (χ4n) is 1.47. The van der Waals surface area contributed by atoms with Crippen LogP contribution in [0, 0.1) is 9.77 Å². The zero-order chi connectivity index (χ0) is 15.1. The molecule has 0 N–H and O–H groups in total. The fraction of sp³-hybridized carbons (Fsp3) is 0.182. The number of rotatable bonds is 2. The third kappa shape index (κ3) is 3.20. The van der Waals surface area contributed by atoms with Gasteiger partial charge in [0.25, 0.3) is 0 Å². The number of aromatic nitrogens is 2. The summed E-state index contributed by atoms with van der Waals surface area (Å²) in [6.07, 6.45) is 0.203. The van der Waals surface area contributed by atoms with Gasteiger partial charge in [0.2, 0.25) is 0 Å². The Morgan fingerprint density at radius 3 is 2.25 bits per heavy atom. The van der Waals surface area contributed by atoms with Crippen molar-refractivity contribution in [1.29, 1.82) is 0 Å². The number of thioether (sulfide) groups is 1. The average molecular weight is 452 g/mol. The number of halogens is 6. The Balaban J connectivity index is 2.58. The Bertz CT molecular complexity index is 635. The average Bonchev–Trinajstić information content (AvgIpc) is 2.68. The van der Waals surface area contributed by atoms with E-state index >= 15 is 0 Å². The lowest BCUT2D eigenvalue weighted by atomic mass is 10.2. The Morgan fingerprint density at radius 2 is 1.85 bits per heavy atom. The highest BCUT2D eigenvalue weighted by Gasteiger charge is 2.32. The third-order valence-corrected chi connectivity index (χ3v) is 4.70. The van der Waals surface area contributed by atoms with E-state index in [1.54, 1.807) is 0 Å². The first-order valence-electron chi connectivity index (χ1n) is 5.02. The minimum Gasteiger partial charge on any atom is -0.226 e. The zero-order valence-corrected chi connectivity index (χ0v) is 14.2. The molecule has 0 amide bonds. The molecule has 0 saturated heterocycles. The molecule has 0 fully saturated rings. The van der Waals surface area contributed by atoms with Crippen LogP contribution >= 0.6 is 57.6 Å². The van der Waals surface area contributed by atoms with Gasteiger partial charge in [-0.3, -0.25) is 0 Å². The van der Waals surface area contributed by atoms with Crippen molar-refractivity contribution in [3.05, 3.63) is 37.5 Å². The molecule has 1 aromatic carbocycles. The van der Waals surface area contributed by atoms with E-state index in [1.807, 2.05) is 28.8 Å². The highest BCUT2D eigenvalue weighted by atomic mass is 127. The van der Waals surface area contributed by atoms with Crippen molar-refractivity contribution in [3.8, 4) is 5.69 Å². The van der Waals surface area contributed by atoms with Gasteiger partial charge in [0.1, 0.15) is 16.9 Å². The summed E-state index contributed by atoms with van der Waals surface area (Å²) in [5.41, 5.74) is -0.720. The normalized spacial score (nSPS) is 11.9. The molecule has 107 valence electrons. The van der Waals surface area contributed by atoms with Crippen LogP contribution in [-0.2, 0) is 6.18 Å². The SMILES string of the molecule is CSc1nn(-c2c(Cl)cc(C(F)(F)F)cc2Cl)[c]c1I. The van der Waals surface area contributed by atoms with E-state index in [-0.39, 0.29) is 15.7 Å². The van der Waals surface area contributed by atoms with Gasteiger partial charge in [-0.25, -0.2) is 4.68 Å². The van der Waals surface area contributed by atoms with Crippen LogP contribution in [0.3, 0.4) is 0 Å². The van der Waals surface area contributed by atoms with Crippen LogP contribution in [0.15, 0.2) is 17.2 Å². The largest absolute Gasteiger partial charge is 0.416 e. The molecular formula is C11H5Cl2F3IN2S. The van der Waals surface area contributed by atoms with Crippen molar-refractivity contribution in [3.63, 3.8) is 0 Å². The lowest BCUT2D eigenvalue weighted by molar-refractivity contribution is -0.137. The van der Waals surface area contributed by atoms with E-state index in [4.69, 9.17) is 23.2 Å². The molecule has 0 unspecified atom stereocenters. The lowest BCUT2D eigenvalue weighted by Crippen LogP contribution is -2.07. The monoisotopic (exact) mass is 451 g/mol. The van der Waals surface area contributed by atoms with Crippen LogP contribution in [0.1, 0.15) is 5.56 Å². The summed E-state index contributed by atoms with van der Waals surface area (Å²) in [6.45, 7) is 0. The van der Waals surface area contributed by atoms with Crippen LogP contribution in [0.25, 0.3) is 5.69 Å². The van der Waals surface area contributed by atoms with E-state index in [2.05, 4.69) is 11.3 Å². The summed E-state index contributed by atoms with van der Waals surface area (Å²) in [6, 6.07) is 1.65. The third-order valence-electron chi connectivity index (χ3n) is 2.33. The quantitative estimate of drug-likeness (QED) is 0.454. The van der Waals surface area contributed by atoms with Crippen molar-refractivity contribution in [2.45, 2.75) is 11.2 Å². The van der Waals surface area contributed by atoms with Crippen molar-refractivity contribution >= 4 is 57.6 Å². The summed E-state index contributed by atoms with van der Waals surface area (Å²) in [5.74, 6) is 0. The molecule has 1 aromatic heterocycles. The van der Waals surface area contributed by atoms with Crippen molar-refractivity contribution in [2.24, 2.45) is 0 Å². The molecule has 1 heterocycles. The summed E-state index contributed by atoms with van der Waals surface area (Å²) in [7, 11) is 0. The predicted octanol–water partition coefficient (Wildman–Crippen LogP) is 5.32. The molecule has 20 heavy (non-hydrogen) atoms. The Kier molecular flexibility index (Phi) is 4.83. The number of hydrogen-bond acceptors (Lipinski definition) is 2. The van der Waals surface area contributed by atoms with E-state index in [9.17, 15) is 13.2 Å². The lowest BCUT2D eigenvalue weighted by Gasteiger charge is -2.11. The molecule has 0 aliphatic heterocycles. The van der Waals surface area contributed by atoms with Crippen LogP contribution in [-0.4, -0.2) is 16.0 Å². The molecule has 2 nitrogen and oxygen atoms in total. The molecule has 2 aromatic rings. The molecule has 0 bridgehead atoms. The summed E-state index contributed by atoms with van der Waals surface area (Å²) < 4.78 is 40.0. The van der Waals surface area contributed by atoms with Gasteiger partial charge in [-0.1, -0.05) is 23.2 Å². The molecule has 9 heteroatoms. The second kappa shape index (κ2) is 5.94. The molecule has 2 rings (SSSR count). The Morgan fingerprint density at radius 1 is 1.30 bits per heavy atom. The molecular weight excluding hydrogens is 447 g/mol. The highest BCUT2D eigenvalue weighted by molar-refractivity contribution is 14.1. The molecule has 1 radical (unpaired) electrons. The molecule has 0 saturated carbocycles. The smallest absolute Gasteiger partial charge is 0.226 e. The van der Waals surface area contributed by atoms with Gasteiger partial charge in [-0.15, -0.1) is 11.8 Å². The number of hydrogen-bond donors (Lipinski definition) is 0. The molecule has 0 spiro atoms. The summed E-state index contributed by atoms with van der Waals surface area (Å²) in [4.78, 5) is 0. The summed E-state index contributed by atoms with van der Waals surface area (Å²) in [5, 5.41) is 4.61. The van der Waals surface area contributed by atoms with E-state index < -0.39 is 11.7 Å². The van der Waals surface area contributed by atoms with Crippen molar-refractivity contribution in [1.82, 2.24) is 9.78 Å². The van der Waals surface area contributed by atoms with Crippen LogP contribution in [0.5, 0.6) is 0 Å². The van der Waals surface area contributed by atoms with E-state index in [1.165, 1.54) is 16.4 Å². The van der Waals surface area contributed by atoms with Crippen LogP contribution < -0.4 is 0 Å². The highest BCUT2D eigenvalue weighted by Crippen LogP contribution is 2.37. The van der Waals surface area contributed by atoms with Crippen molar-refractivity contribution in [2.75, 3.05) is 6.26 Å². The van der Waals surface area contributed by atoms with Gasteiger partial charge in [-0.2, -0.15) is 18.3 Å². The zero-order valence-electron chi connectivity index (χ0n) is 9.73. The predicted molar refractivity (Wildman–Crippen MR) is 81.9 cm³/mol. The topological polar surface area (TPSA) is 17.8 Å². The number of alkyl halides is 3. The first-order chi connectivity index (χ1) is 9.24. The maximum atomic E-state index is 12.7. The van der Waals surface area contributed by atoms with E-state index in [0.29, 0.717) is 5.03 Å². The number of benzene rings is 1. The fourth-order valence-corrected chi connectivity index (χ4v) is 3.50. The molecule has 0 aliphatic carbocycles. The Hall–Kier alpha value is -0.120. The minimum atomic E-state index is -4.50. The van der Waals surface area contributed by atoms with E-state index in [0.717, 1.165) is 15.7 Å². The Labute approximate surface area is 140 Å². The van der Waals surface area contributed by atoms with Crippen LogP contribution in [0.4, 0.5) is 13.2 Å². The molecule has 0 aliphatic rings. The first-order valence-corrected chi connectivity index (χ1v) is 8.08. The second-order valence-corrected chi connectivity index (χ2v) is 6.32. The number of nitrogens with zero attached hydrogens (tertiary/aromatic N) is 2. The van der Waals surface area contributed by atoms with Gasteiger partial charge < -0.3 is 0 Å². The van der Waals surface area contributed by atoms with Gasteiger partial charge in [-0.05, 0) is 41.0 Å². The second-order valence-electron chi connectivity index (χ2n) is 3.63. The first kappa shape index (κ1) is 16.3. The maximum Gasteiger partial charge on any atom is 0.416 e. The molecule has 0 atom stereocenters. The van der Waals surface area contributed by atoms with Gasteiger partial charge >= 0.3 is 6.18 Å². The van der Waals surface area contributed by atoms with Gasteiger partial charge in [0.05, 0.1) is 19.2 Å². The maximum absolute atomic E-state index is 12.7. The van der Waals surface area contributed by atoms with Gasteiger partial charge in [0.15, 0.2) is 0 Å². The minimum absolute atomic E-state index is 0.132. The standard InChI is InChI=1S/C11H5Cl2F3IN2S/c1-20-10-8(17)4-19(18-10)9-6(12)2-5(3-7(9)13)11(14,15)16/h2-3H,1H3. The summed E-state index contributed by atoms with van der Waals surface area (Å²) >= 11 is 15.2. The van der Waals surface area contributed by atoms with Crippen molar-refractivity contribution < 1.29 is 13.2 Å².